The summed E-state index contributed by atoms with van der Waals surface area (Å²) in [6, 6.07) is 14.8. The van der Waals surface area contributed by atoms with Gasteiger partial charge in [0.1, 0.15) is 5.75 Å². The molecule has 5 heteroatoms. The van der Waals surface area contributed by atoms with Crippen molar-refractivity contribution in [3.05, 3.63) is 59.7 Å². The third-order valence-corrected chi connectivity index (χ3v) is 3.22. The van der Waals surface area contributed by atoms with Crippen LogP contribution in [0.4, 0.5) is 5.69 Å². The Labute approximate surface area is 135 Å². The van der Waals surface area contributed by atoms with Gasteiger partial charge in [0.2, 0.25) is 0 Å². The largest absolute Gasteiger partial charge is 0.494 e. The summed E-state index contributed by atoms with van der Waals surface area (Å²) in [6.07, 6.45) is 0. The first-order valence-corrected chi connectivity index (χ1v) is 7.42. The monoisotopic (exact) mass is 314 g/mol. The van der Waals surface area contributed by atoms with Crippen molar-refractivity contribution >= 4 is 28.9 Å². The van der Waals surface area contributed by atoms with Gasteiger partial charge in [-0.1, -0.05) is 24.3 Å². The molecule has 2 aromatic carbocycles. The molecular weight excluding hydrogens is 296 g/mol. The third-order valence-electron chi connectivity index (χ3n) is 3.02. The molecule has 0 saturated carbocycles. The van der Waals surface area contributed by atoms with Crippen LogP contribution in [0.15, 0.2) is 48.5 Å². The quantitative estimate of drug-likeness (QED) is 0.848. The van der Waals surface area contributed by atoms with Crippen LogP contribution in [0.2, 0.25) is 0 Å². The highest BCUT2D eigenvalue weighted by Gasteiger charge is 2.10. The first kappa shape index (κ1) is 16.0. The standard InChI is InChI=1S/C17H18N2O2S/c1-3-21-14-9-6-8-13(11-14)18-17(22)19-16(20)15-10-5-4-7-12(15)2/h4-11H,3H2,1-2H3,(H2,18,19,20,22). The molecule has 2 N–H and O–H groups in total. The summed E-state index contributed by atoms with van der Waals surface area (Å²) < 4.78 is 5.42. The average Bonchev–Trinajstić information content (AvgIpc) is 2.48. The van der Waals surface area contributed by atoms with Gasteiger partial charge in [0, 0.05) is 17.3 Å². The Morgan fingerprint density at radius 3 is 2.68 bits per heavy atom. The van der Waals surface area contributed by atoms with E-state index in [-0.39, 0.29) is 11.0 Å². The number of amides is 1. The first-order chi connectivity index (χ1) is 10.6. The number of anilines is 1. The molecule has 0 aliphatic heterocycles. The van der Waals surface area contributed by atoms with Crippen molar-refractivity contribution < 1.29 is 9.53 Å². The molecular formula is C17H18N2O2S. The fraction of sp³-hybridized carbons (Fsp3) is 0.176. The van der Waals surface area contributed by atoms with Crippen LogP contribution in [0.3, 0.4) is 0 Å². The van der Waals surface area contributed by atoms with E-state index in [1.165, 1.54) is 0 Å². The SMILES string of the molecule is CCOc1cccc(NC(=S)NC(=O)c2ccccc2C)c1. The van der Waals surface area contributed by atoms with E-state index < -0.39 is 0 Å². The molecule has 0 bridgehead atoms. The predicted molar refractivity (Wildman–Crippen MR) is 92.5 cm³/mol. The second-order valence-corrected chi connectivity index (χ2v) is 5.09. The smallest absolute Gasteiger partial charge is 0.257 e. The van der Waals surface area contributed by atoms with Crippen LogP contribution in [0.25, 0.3) is 0 Å². The number of rotatable bonds is 4. The molecule has 0 radical (unpaired) electrons. The minimum absolute atomic E-state index is 0.225. The number of hydrogen-bond acceptors (Lipinski definition) is 3. The number of ether oxygens (including phenoxy) is 1. The van der Waals surface area contributed by atoms with Crippen LogP contribution in [0.5, 0.6) is 5.75 Å². The van der Waals surface area contributed by atoms with Crippen molar-refractivity contribution in [3.63, 3.8) is 0 Å². The van der Waals surface area contributed by atoms with E-state index in [0.29, 0.717) is 12.2 Å². The molecule has 4 nitrogen and oxygen atoms in total. The number of nitrogens with one attached hydrogen (secondary N) is 2. The maximum Gasteiger partial charge on any atom is 0.257 e. The Morgan fingerprint density at radius 2 is 1.95 bits per heavy atom. The minimum Gasteiger partial charge on any atom is -0.494 e. The van der Waals surface area contributed by atoms with Gasteiger partial charge in [-0.25, -0.2) is 0 Å². The Balaban J connectivity index is 2.00. The fourth-order valence-corrected chi connectivity index (χ4v) is 2.20. The molecule has 0 aromatic heterocycles. The van der Waals surface area contributed by atoms with Gasteiger partial charge in [-0.3, -0.25) is 10.1 Å². The van der Waals surface area contributed by atoms with Gasteiger partial charge < -0.3 is 10.1 Å². The lowest BCUT2D eigenvalue weighted by Gasteiger charge is -2.11. The number of hydrogen-bond donors (Lipinski definition) is 2. The van der Waals surface area contributed by atoms with Gasteiger partial charge in [0.25, 0.3) is 5.91 Å². The highest BCUT2D eigenvalue weighted by atomic mass is 32.1. The minimum atomic E-state index is -0.225. The Hall–Kier alpha value is -2.40. The normalized spacial score (nSPS) is 9.91. The summed E-state index contributed by atoms with van der Waals surface area (Å²) in [5, 5.41) is 5.91. The number of carbonyl (C=O) groups excluding carboxylic acids is 1. The molecule has 2 aromatic rings. The summed E-state index contributed by atoms with van der Waals surface area (Å²) in [6.45, 7) is 4.40. The van der Waals surface area contributed by atoms with E-state index in [1.54, 1.807) is 6.07 Å². The van der Waals surface area contributed by atoms with Gasteiger partial charge in [-0.15, -0.1) is 0 Å². The molecule has 1 amide bonds. The van der Waals surface area contributed by atoms with Gasteiger partial charge in [0.15, 0.2) is 5.11 Å². The summed E-state index contributed by atoms with van der Waals surface area (Å²) >= 11 is 5.18. The zero-order valence-electron chi connectivity index (χ0n) is 12.6. The maximum atomic E-state index is 12.2. The molecule has 0 fully saturated rings. The predicted octanol–water partition coefficient (Wildman–Crippen LogP) is 3.52. The Morgan fingerprint density at radius 1 is 1.18 bits per heavy atom. The highest BCUT2D eigenvalue weighted by Crippen LogP contribution is 2.17. The van der Waals surface area contributed by atoms with Gasteiger partial charge >= 0.3 is 0 Å². The van der Waals surface area contributed by atoms with E-state index in [2.05, 4.69) is 10.6 Å². The van der Waals surface area contributed by atoms with E-state index in [0.717, 1.165) is 17.0 Å². The zero-order valence-corrected chi connectivity index (χ0v) is 13.4. The molecule has 22 heavy (non-hydrogen) atoms. The van der Waals surface area contributed by atoms with Gasteiger partial charge in [-0.2, -0.15) is 0 Å². The topological polar surface area (TPSA) is 50.4 Å². The lowest BCUT2D eigenvalue weighted by Crippen LogP contribution is -2.34. The summed E-state index contributed by atoms with van der Waals surface area (Å²) in [7, 11) is 0. The average molecular weight is 314 g/mol. The molecule has 0 atom stereocenters. The number of carbonyl (C=O) groups is 1. The Kier molecular flexibility index (Phi) is 5.49. The van der Waals surface area contributed by atoms with Crippen LogP contribution in [-0.4, -0.2) is 17.6 Å². The zero-order chi connectivity index (χ0) is 15.9. The Bertz CT molecular complexity index is 686. The second kappa shape index (κ2) is 7.56. The molecule has 2 rings (SSSR count). The van der Waals surface area contributed by atoms with Crippen LogP contribution in [0, 0.1) is 6.92 Å². The van der Waals surface area contributed by atoms with Crippen LogP contribution in [-0.2, 0) is 0 Å². The van der Waals surface area contributed by atoms with Crippen molar-refractivity contribution in [2.24, 2.45) is 0 Å². The maximum absolute atomic E-state index is 12.2. The summed E-state index contributed by atoms with van der Waals surface area (Å²) in [4.78, 5) is 12.2. The van der Waals surface area contributed by atoms with Crippen molar-refractivity contribution in [3.8, 4) is 5.75 Å². The lowest BCUT2D eigenvalue weighted by atomic mass is 10.1. The van der Waals surface area contributed by atoms with Crippen LogP contribution >= 0.6 is 12.2 Å². The first-order valence-electron chi connectivity index (χ1n) is 7.01. The highest BCUT2D eigenvalue weighted by molar-refractivity contribution is 7.80. The van der Waals surface area contributed by atoms with Gasteiger partial charge in [-0.05, 0) is 49.8 Å². The van der Waals surface area contributed by atoms with Crippen LogP contribution in [0.1, 0.15) is 22.8 Å². The third kappa shape index (κ3) is 4.30. The van der Waals surface area contributed by atoms with E-state index in [1.807, 2.05) is 56.3 Å². The lowest BCUT2D eigenvalue weighted by molar-refractivity contribution is 0.0977. The summed E-state index contributed by atoms with van der Waals surface area (Å²) in [5.41, 5.74) is 2.27. The summed E-state index contributed by atoms with van der Waals surface area (Å²) in [5.74, 6) is 0.525. The molecule has 0 spiro atoms. The second-order valence-electron chi connectivity index (χ2n) is 4.68. The molecule has 0 saturated heterocycles. The van der Waals surface area contributed by atoms with E-state index in [9.17, 15) is 4.79 Å². The molecule has 114 valence electrons. The molecule has 0 unspecified atom stereocenters. The number of thiocarbonyl (C=S) groups is 1. The molecule has 0 aliphatic carbocycles. The van der Waals surface area contributed by atoms with Crippen molar-refractivity contribution in [1.82, 2.24) is 5.32 Å². The van der Waals surface area contributed by atoms with Crippen molar-refractivity contribution in [2.75, 3.05) is 11.9 Å². The van der Waals surface area contributed by atoms with E-state index in [4.69, 9.17) is 17.0 Å². The van der Waals surface area contributed by atoms with Crippen molar-refractivity contribution in [2.45, 2.75) is 13.8 Å². The van der Waals surface area contributed by atoms with Gasteiger partial charge in [0.05, 0.1) is 6.61 Å². The van der Waals surface area contributed by atoms with E-state index >= 15 is 0 Å². The molecule has 0 aliphatic rings. The number of benzene rings is 2. The van der Waals surface area contributed by atoms with Crippen LogP contribution < -0.4 is 15.4 Å². The van der Waals surface area contributed by atoms with Crippen molar-refractivity contribution in [1.29, 1.82) is 0 Å². The molecule has 0 heterocycles. The number of aryl methyl sites for hydroxylation is 1. The fourth-order valence-electron chi connectivity index (χ4n) is 1.99.